The Morgan fingerprint density at radius 1 is 1.09 bits per heavy atom. The molecule has 0 spiro atoms. The van der Waals surface area contributed by atoms with Crippen LogP contribution in [-0.2, 0) is 17.8 Å². The molecular formula is C27H40N4O4. The summed E-state index contributed by atoms with van der Waals surface area (Å²) in [7, 11) is 0. The first-order chi connectivity index (χ1) is 17.0. The van der Waals surface area contributed by atoms with Crippen molar-refractivity contribution >= 4 is 12.0 Å². The molecule has 1 aromatic heterocycles. The van der Waals surface area contributed by atoms with Crippen LogP contribution in [0.3, 0.4) is 0 Å². The van der Waals surface area contributed by atoms with E-state index in [0.717, 1.165) is 24.8 Å². The number of aromatic nitrogens is 2. The van der Waals surface area contributed by atoms with Gasteiger partial charge in [0.25, 0.3) is 0 Å². The van der Waals surface area contributed by atoms with Gasteiger partial charge in [-0.1, -0.05) is 81.3 Å². The number of nitrogens with one attached hydrogen (secondary N) is 1. The van der Waals surface area contributed by atoms with Crippen molar-refractivity contribution in [2.45, 2.75) is 90.5 Å². The molecule has 0 saturated carbocycles. The predicted octanol–water partition coefficient (Wildman–Crippen LogP) is 5.82. The number of unbranched alkanes of at least 4 members (excludes halogenated alkanes) is 7. The van der Waals surface area contributed by atoms with Crippen molar-refractivity contribution in [3.8, 4) is 11.4 Å². The van der Waals surface area contributed by atoms with Crippen molar-refractivity contribution in [1.82, 2.24) is 20.4 Å². The minimum absolute atomic E-state index is 0.0439. The van der Waals surface area contributed by atoms with Crippen molar-refractivity contribution < 1.29 is 19.2 Å². The maximum Gasteiger partial charge on any atom is 0.407 e. The molecule has 1 aromatic carbocycles. The molecule has 0 aliphatic carbocycles. The molecule has 2 amide bonds. The zero-order valence-corrected chi connectivity index (χ0v) is 21.0. The quantitative estimate of drug-likeness (QED) is 0.327. The van der Waals surface area contributed by atoms with Gasteiger partial charge in [-0.25, -0.2) is 4.79 Å². The lowest BCUT2D eigenvalue weighted by Crippen LogP contribution is -2.40. The number of rotatable bonds is 14. The van der Waals surface area contributed by atoms with Crippen molar-refractivity contribution in [3.05, 3.63) is 35.7 Å². The van der Waals surface area contributed by atoms with E-state index in [1.807, 2.05) is 12.1 Å². The molecule has 0 unspecified atom stereocenters. The van der Waals surface area contributed by atoms with Gasteiger partial charge in [0.2, 0.25) is 17.6 Å². The van der Waals surface area contributed by atoms with Crippen LogP contribution in [0.4, 0.5) is 4.79 Å². The molecule has 8 nitrogen and oxygen atoms in total. The number of likely N-dealkylation sites (tertiary alicyclic amines) is 1. The van der Waals surface area contributed by atoms with Crippen LogP contribution in [-0.4, -0.2) is 45.2 Å². The predicted molar refractivity (Wildman–Crippen MR) is 135 cm³/mol. The van der Waals surface area contributed by atoms with Gasteiger partial charge in [-0.05, 0) is 37.2 Å². The molecule has 2 N–H and O–H groups in total. The minimum atomic E-state index is -0.922. The van der Waals surface area contributed by atoms with E-state index in [9.17, 15) is 9.59 Å². The number of carboxylic acid groups (broad SMARTS) is 1. The molecule has 0 radical (unpaired) electrons. The fraction of sp³-hybridized carbons (Fsp3) is 0.630. The standard InChI is InChI=1S/C27H40N4O4/c1-2-3-4-5-6-7-8-9-11-21-13-15-23(16-14-21)26-29-25(35-30-26)19-28-24(32)18-22-12-10-17-31(20-22)27(33)34/h13-16,22H,2-12,17-20H2,1H3,(H,28,32)(H,33,34)/t22-/m0/s1. The van der Waals surface area contributed by atoms with Crippen molar-refractivity contribution in [1.29, 1.82) is 0 Å². The highest BCUT2D eigenvalue weighted by Crippen LogP contribution is 2.20. The molecule has 1 saturated heterocycles. The van der Waals surface area contributed by atoms with Gasteiger partial charge in [0.15, 0.2) is 0 Å². The average Bonchev–Trinajstić information content (AvgIpc) is 3.34. The number of nitrogens with zero attached hydrogens (tertiary/aromatic N) is 3. The van der Waals surface area contributed by atoms with Crippen molar-refractivity contribution in [2.75, 3.05) is 13.1 Å². The third-order valence-corrected chi connectivity index (χ3v) is 6.70. The molecule has 2 aromatic rings. The normalized spacial score (nSPS) is 15.8. The summed E-state index contributed by atoms with van der Waals surface area (Å²) < 4.78 is 5.30. The Morgan fingerprint density at radius 2 is 1.80 bits per heavy atom. The molecule has 1 aliphatic heterocycles. The van der Waals surface area contributed by atoms with Gasteiger partial charge in [0, 0.05) is 25.1 Å². The number of benzene rings is 1. The Balaban J connectivity index is 1.36. The number of piperidine rings is 1. The fourth-order valence-corrected chi connectivity index (χ4v) is 4.64. The molecule has 192 valence electrons. The zero-order chi connectivity index (χ0) is 24.9. The smallest absolute Gasteiger partial charge is 0.407 e. The van der Waals surface area contributed by atoms with E-state index in [1.54, 1.807) is 0 Å². The van der Waals surface area contributed by atoms with Gasteiger partial charge in [0.1, 0.15) is 0 Å². The molecule has 8 heteroatoms. The topological polar surface area (TPSA) is 109 Å². The number of carbonyl (C=O) groups excluding carboxylic acids is 1. The largest absolute Gasteiger partial charge is 0.465 e. The fourth-order valence-electron chi connectivity index (χ4n) is 4.64. The molecule has 1 aliphatic rings. The monoisotopic (exact) mass is 484 g/mol. The van der Waals surface area contributed by atoms with E-state index < -0.39 is 6.09 Å². The van der Waals surface area contributed by atoms with E-state index in [2.05, 4.69) is 34.5 Å². The van der Waals surface area contributed by atoms with Gasteiger partial charge in [-0.15, -0.1) is 0 Å². The van der Waals surface area contributed by atoms with Crippen LogP contribution >= 0.6 is 0 Å². The summed E-state index contributed by atoms with van der Waals surface area (Å²) in [6.07, 6.45) is 12.7. The van der Waals surface area contributed by atoms with E-state index in [1.165, 1.54) is 61.8 Å². The van der Waals surface area contributed by atoms with Gasteiger partial charge in [-0.2, -0.15) is 4.98 Å². The maximum absolute atomic E-state index is 12.3. The number of hydrogen-bond donors (Lipinski definition) is 2. The average molecular weight is 485 g/mol. The van der Waals surface area contributed by atoms with E-state index in [4.69, 9.17) is 9.63 Å². The number of aryl methyl sites for hydroxylation is 1. The summed E-state index contributed by atoms with van der Waals surface area (Å²) in [5.41, 5.74) is 2.21. The van der Waals surface area contributed by atoms with Crippen LogP contribution in [0.1, 0.15) is 89.0 Å². The zero-order valence-electron chi connectivity index (χ0n) is 21.0. The lowest BCUT2D eigenvalue weighted by atomic mass is 9.95. The van der Waals surface area contributed by atoms with Gasteiger partial charge < -0.3 is 19.8 Å². The summed E-state index contributed by atoms with van der Waals surface area (Å²) in [6, 6.07) is 8.28. The second-order valence-corrected chi connectivity index (χ2v) is 9.65. The third kappa shape index (κ3) is 9.34. The lowest BCUT2D eigenvalue weighted by Gasteiger charge is -2.30. The van der Waals surface area contributed by atoms with Crippen molar-refractivity contribution in [3.63, 3.8) is 0 Å². The highest BCUT2D eigenvalue weighted by atomic mass is 16.5. The summed E-state index contributed by atoms with van der Waals surface area (Å²) in [5.74, 6) is 0.777. The van der Waals surface area contributed by atoms with Gasteiger partial charge in [-0.3, -0.25) is 4.79 Å². The lowest BCUT2D eigenvalue weighted by molar-refractivity contribution is -0.122. The molecule has 0 bridgehead atoms. The molecular weight excluding hydrogens is 444 g/mol. The Labute approximate surface area is 208 Å². The maximum atomic E-state index is 12.3. The number of carbonyl (C=O) groups is 2. The SMILES string of the molecule is CCCCCCCCCCc1ccc(-c2noc(CNC(=O)C[C@@H]3CCCN(C(=O)O)C3)n2)cc1. The Bertz CT molecular complexity index is 912. The Kier molecular flexibility index (Phi) is 11.1. The van der Waals surface area contributed by atoms with Crippen LogP contribution in [0, 0.1) is 5.92 Å². The summed E-state index contributed by atoms with van der Waals surface area (Å²) >= 11 is 0. The summed E-state index contributed by atoms with van der Waals surface area (Å²) in [6.45, 7) is 3.36. The Hall–Kier alpha value is -2.90. The summed E-state index contributed by atoms with van der Waals surface area (Å²) in [5, 5.41) is 16.0. The second kappa shape index (κ2) is 14.5. The molecule has 2 heterocycles. The highest BCUT2D eigenvalue weighted by molar-refractivity contribution is 5.76. The summed E-state index contributed by atoms with van der Waals surface area (Å²) in [4.78, 5) is 29.2. The van der Waals surface area contributed by atoms with Crippen LogP contribution in [0.5, 0.6) is 0 Å². The van der Waals surface area contributed by atoms with E-state index in [0.29, 0.717) is 31.2 Å². The minimum Gasteiger partial charge on any atom is -0.465 e. The first kappa shape index (κ1) is 26.7. The van der Waals surface area contributed by atoms with E-state index in [-0.39, 0.29) is 18.4 Å². The third-order valence-electron chi connectivity index (χ3n) is 6.70. The Morgan fingerprint density at radius 3 is 2.51 bits per heavy atom. The highest BCUT2D eigenvalue weighted by Gasteiger charge is 2.25. The number of amides is 2. The second-order valence-electron chi connectivity index (χ2n) is 9.65. The van der Waals surface area contributed by atoms with Crippen LogP contribution in [0.15, 0.2) is 28.8 Å². The first-order valence-corrected chi connectivity index (χ1v) is 13.2. The molecule has 1 fully saturated rings. The van der Waals surface area contributed by atoms with E-state index >= 15 is 0 Å². The molecule has 3 rings (SSSR count). The molecule has 35 heavy (non-hydrogen) atoms. The van der Waals surface area contributed by atoms with Crippen LogP contribution < -0.4 is 5.32 Å². The van der Waals surface area contributed by atoms with Gasteiger partial charge >= 0.3 is 6.09 Å². The molecule has 1 atom stereocenters. The van der Waals surface area contributed by atoms with Crippen LogP contribution in [0.2, 0.25) is 0 Å². The van der Waals surface area contributed by atoms with Crippen molar-refractivity contribution in [2.24, 2.45) is 5.92 Å². The van der Waals surface area contributed by atoms with Gasteiger partial charge in [0.05, 0.1) is 6.54 Å². The number of hydrogen-bond acceptors (Lipinski definition) is 5. The first-order valence-electron chi connectivity index (χ1n) is 13.2. The van der Waals surface area contributed by atoms with Crippen LogP contribution in [0.25, 0.3) is 11.4 Å².